The van der Waals surface area contributed by atoms with Crippen LogP contribution in [0.25, 0.3) is 6.08 Å². The van der Waals surface area contributed by atoms with Crippen molar-refractivity contribution in [1.82, 2.24) is 4.90 Å². The molecule has 1 unspecified atom stereocenters. The highest BCUT2D eigenvalue weighted by atomic mass is 79.9. The number of thiocarbonyl (C=S) groups is 1. The first-order valence-corrected chi connectivity index (χ1v) is 11.9. The van der Waals surface area contributed by atoms with Crippen molar-refractivity contribution in [2.45, 2.75) is 25.8 Å². The molecule has 1 fully saturated rings. The van der Waals surface area contributed by atoms with Crippen LogP contribution in [-0.4, -0.2) is 39.9 Å². The lowest BCUT2D eigenvalue weighted by atomic mass is 10.1. The predicted octanol–water partition coefficient (Wildman–Crippen LogP) is 5.66. The minimum Gasteiger partial charge on any atom is -0.493 e. The summed E-state index contributed by atoms with van der Waals surface area (Å²) >= 11 is 9.96. The van der Waals surface area contributed by atoms with Crippen LogP contribution in [0.3, 0.4) is 0 Å². The Bertz CT molecular complexity index is 1060. The fraction of sp³-hybridized carbons (Fsp3) is 0.261. The molecule has 1 aliphatic heterocycles. The maximum absolute atomic E-state index is 13.1. The van der Waals surface area contributed by atoms with E-state index in [1.807, 2.05) is 6.07 Å². The van der Waals surface area contributed by atoms with Gasteiger partial charge in [-0.2, -0.15) is 0 Å². The summed E-state index contributed by atoms with van der Waals surface area (Å²) < 4.78 is 12.2. The molecular formula is C23H22BrNO5S2. The number of hydrogen-bond donors (Lipinski definition) is 1. The first-order chi connectivity index (χ1) is 15.4. The molecule has 0 aromatic heterocycles. The molecule has 1 atom stereocenters. The van der Waals surface area contributed by atoms with Crippen molar-refractivity contribution < 1.29 is 24.2 Å². The average molecular weight is 536 g/mol. The Hall–Kier alpha value is -2.36. The minimum atomic E-state index is -1.19. The van der Waals surface area contributed by atoms with Crippen molar-refractivity contribution in [1.29, 1.82) is 0 Å². The fourth-order valence-corrected chi connectivity index (χ4v) is 5.06. The second kappa shape index (κ2) is 11.0. The van der Waals surface area contributed by atoms with Gasteiger partial charge in [0.25, 0.3) is 5.91 Å². The van der Waals surface area contributed by atoms with Gasteiger partial charge in [-0.1, -0.05) is 67.7 Å². The number of halogens is 1. The molecule has 0 radical (unpaired) electrons. The number of hydrogen-bond acceptors (Lipinski definition) is 6. The third-order valence-corrected chi connectivity index (χ3v) is 6.64. The van der Waals surface area contributed by atoms with Crippen LogP contribution in [0, 0.1) is 0 Å². The number of benzene rings is 2. The minimum absolute atomic E-state index is 0.197. The Morgan fingerprint density at radius 2 is 2.03 bits per heavy atom. The highest BCUT2D eigenvalue weighted by molar-refractivity contribution is 9.10. The van der Waals surface area contributed by atoms with E-state index in [0.717, 1.165) is 29.5 Å². The van der Waals surface area contributed by atoms with Crippen LogP contribution in [0.1, 0.15) is 36.9 Å². The first-order valence-electron chi connectivity index (χ1n) is 9.92. The van der Waals surface area contributed by atoms with E-state index in [2.05, 4.69) is 22.9 Å². The molecule has 0 saturated carbocycles. The maximum Gasteiger partial charge on any atom is 0.331 e. The van der Waals surface area contributed by atoms with Gasteiger partial charge in [0.2, 0.25) is 0 Å². The molecule has 2 aromatic rings. The van der Waals surface area contributed by atoms with Gasteiger partial charge in [0.15, 0.2) is 17.5 Å². The normalized spacial score (nSPS) is 15.8. The Balaban J connectivity index is 1.91. The fourth-order valence-electron chi connectivity index (χ4n) is 3.17. The van der Waals surface area contributed by atoms with Crippen LogP contribution in [0.15, 0.2) is 51.8 Å². The Morgan fingerprint density at radius 3 is 2.66 bits per heavy atom. The lowest BCUT2D eigenvalue weighted by Crippen LogP contribution is -2.37. The van der Waals surface area contributed by atoms with Crippen molar-refractivity contribution in [2.24, 2.45) is 0 Å². The number of unbranched alkanes of at least 4 members (excludes halogenated alkanes) is 1. The molecule has 1 heterocycles. The molecule has 2 aromatic carbocycles. The lowest BCUT2D eigenvalue weighted by molar-refractivity contribution is -0.145. The van der Waals surface area contributed by atoms with E-state index in [1.165, 1.54) is 0 Å². The van der Waals surface area contributed by atoms with Crippen LogP contribution in [0.4, 0.5) is 0 Å². The number of methoxy groups -OCH3 is 1. The summed E-state index contributed by atoms with van der Waals surface area (Å²) in [4.78, 5) is 26.6. The highest BCUT2D eigenvalue weighted by Crippen LogP contribution is 2.41. The van der Waals surface area contributed by atoms with Crippen LogP contribution < -0.4 is 9.47 Å². The van der Waals surface area contributed by atoms with E-state index >= 15 is 0 Å². The lowest BCUT2D eigenvalue weighted by Gasteiger charge is -2.23. The standard InChI is InChI=1S/C23H22BrNO5S2/c1-3-4-10-30-20-16(24)11-14(12-17(20)29-2)13-18-21(26)25(23(31)32-18)19(22(27)28)15-8-6-5-7-9-15/h5-9,11-13,19H,3-4,10H2,1-2H3,(H,27,28)/b18-13-. The molecule has 3 rings (SSSR count). The molecule has 0 spiro atoms. The molecule has 0 bridgehead atoms. The van der Waals surface area contributed by atoms with Gasteiger partial charge in [-0.15, -0.1) is 0 Å². The van der Waals surface area contributed by atoms with Crippen molar-refractivity contribution >= 4 is 62.2 Å². The average Bonchev–Trinajstić information content (AvgIpc) is 3.03. The number of aliphatic carboxylic acids is 1. The van der Waals surface area contributed by atoms with Crippen LogP contribution >= 0.6 is 39.9 Å². The van der Waals surface area contributed by atoms with E-state index in [4.69, 9.17) is 21.7 Å². The quantitative estimate of drug-likeness (QED) is 0.252. The third kappa shape index (κ3) is 5.33. The van der Waals surface area contributed by atoms with Crippen LogP contribution in [0.2, 0.25) is 0 Å². The number of thioether (sulfide) groups is 1. The first kappa shape index (κ1) is 24.3. The van der Waals surface area contributed by atoms with Crippen LogP contribution in [-0.2, 0) is 9.59 Å². The summed E-state index contributed by atoms with van der Waals surface area (Å²) in [5, 5.41) is 9.80. The predicted molar refractivity (Wildman–Crippen MR) is 133 cm³/mol. The van der Waals surface area contributed by atoms with Gasteiger partial charge in [-0.25, -0.2) is 4.79 Å². The van der Waals surface area contributed by atoms with Gasteiger partial charge in [-0.05, 0) is 51.7 Å². The summed E-state index contributed by atoms with van der Waals surface area (Å²) in [5.41, 5.74) is 1.18. The third-order valence-electron chi connectivity index (χ3n) is 4.72. The second-order valence-electron chi connectivity index (χ2n) is 6.94. The summed E-state index contributed by atoms with van der Waals surface area (Å²) in [5.74, 6) is -0.466. The van der Waals surface area contributed by atoms with Crippen molar-refractivity contribution in [2.75, 3.05) is 13.7 Å². The number of carboxylic acids is 1. The molecule has 1 aliphatic rings. The summed E-state index contributed by atoms with van der Waals surface area (Å²) in [6.45, 7) is 2.65. The van der Waals surface area contributed by atoms with Gasteiger partial charge >= 0.3 is 5.97 Å². The van der Waals surface area contributed by atoms with Crippen LogP contribution in [0.5, 0.6) is 11.5 Å². The Kier molecular flexibility index (Phi) is 8.33. The largest absolute Gasteiger partial charge is 0.493 e. The Labute approximate surface area is 204 Å². The summed E-state index contributed by atoms with van der Waals surface area (Å²) in [7, 11) is 1.55. The zero-order valence-electron chi connectivity index (χ0n) is 17.5. The van der Waals surface area contributed by atoms with Crippen molar-refractivity contribution in [3.8, 4) is 11.5 Å². The number of nitrogens with zero attached hydrogens (tertiary/aromatic N) is 1. The van der Waals surface area contributed by atoms with Gasteiger partial charge in [-0.3, -0.25) is 9.69 Å². The molecule has 168 valence electrons. The van der Waals surface area contributed by atoms with Gasteiger partial charge in [0.05, 0.1) is 23.1 Å². The second-order valence-corrected chi connectivity index (χ2v) is 9.47. The van der Waals surface area contributed by atoms with Crippen molar-refractivity contribution in [3.63, 3.8) is 0 Å². The zero-order chi connectivity index (χ0) is 23.3. The highest BCUT2D eigenvalue weighted by Gasteiger charge is 2.41. The topological polar surface area (TPSA) is 76.1 Å². The number of carbonyl (C=O) groups is 2. The number of amides is 1. The molecule has 1 amide bonds. The molecule has 0 aliphatic carbocycles. The smallest absolute Gasteiger partial charge is 0.331 e. The zero-order valence-corrected chi connectivity index (χ0v) is 20.8. The number of carbonyl (C=O) groups excluding carboxylic acids is 1. The number of ether oxygens (including phenoxy) is 2. The molecule has 32 heavy (non-hydrogen) atoms. The molecule has 1 N–H and O–H groups in total. The van der Waals surface area contributed by atoms with E-state index in [1.54, 1.807) is 49.6 Å². The molecule has 6 nitrogen and oxygen atoms in total. The number of carboxylic acid groups (broad SMARTS) is 1. The summed E-state index contributed by atoms with van der Waals surface area (Å²) in [6, 6.07) is 11.0. The molecule has 9 heteroatoms. The monoisotopic (exact) mass is 535 g/mol. The van der Waals surface area contributed by atoms with E-state index < -0.39 is 17.9 Å². The van der Waals surface area contributed by atoms with Gasteiger partial charge < -0.3 is 14.6 Å². The molecular weight excluding hydrogens is 514 g/mol. The maximum atomic E-state index is 13.1. The van der Waals surface area contributed by atoms with E-state index in [9.17, 15) is 14.7 Å². The van der Waals surface area contributed by atoms with E-state index in [-0.39, 0.29) is 4.32 Å². The molecule has 1 saturated heterocycles. The van der Waals surface area contributed by atoms with E-state index in [0.29, 0.717) is 38.6 Å². The summed E-state index contributed by atoms with van der Waals surface area (Å²) in [6.07, 6.45) is 3.61. The number of rotatable bonds is 9. The SMILES string of the molecule is CCCCOc1c(Br)cc(/C=C2\SC(=S)N(C(C(=O)O)c3ccccc3)C2=O)cc1OC. The van der Waals surface area contributed by atoms with Gasteiger partial charge in [0.1, 0.15) is 4.32 Å². The van der Waals surface area contributed by atoms with Crippen molar-refractivity contribution in [3.05, 3.63) is 63.0 Å². The van der Waals surface area contributed by atoms with Gasteiger partial charge in [0, 0.05) is 0 Å². The Morgan fingerprint density at radius 1 is 1.31 bits per heavy atom.